The molecule has 0 bridgehead atoms. The number of carbonyl (C=O) groups is 3. The molecule has 1 saturated heterocycles. The average Bonchev–Trinajstić information content (AvgIpc) is 3.42. The second kappa shape index (κ2) is 11.9. The zero-order valence-corrected chi connectivity index (χ0v) is 25.9. The topological polar surface area (TPSA) is 96.5 Å². The number of halogens is 3. The van der Waals surface area contributed by atoms with Crippen LogP contribution >= 0.6 is 23.2 Å². The normalized spacial score (nSPS) is 22.8. The van der Waals surface area contributed by atoms with E-state index in [0.29, 0.717) is 34.8 Å². The molecule has 43 heavy (non-hydrogen) atoms. The molecule has 0 saturated carbocycles. The smallest absolute Gasteiger partial charge is 0.305 e. The van der Waals surface area contributed by atoms with Gasteiger partial charge in [-0.15, -0.1) is 0 Å². The van der Waals surface area contributed by atoms with E-state index >= 15 is 4.39 Å². The minimum Gasteiger partial charge on any atom is -0.469 e. The van der Waals surface area contributed by atoms with Gasteiger partial charge in [0.15, 0.2) is 0 Å². The first-order valence-corrected chi connectivity index (χ1v) is 14.9. The summed E-state index contributed by atoms with van der Waals surface area (Å²) in [5.41, 5.74) is 1.21. The van der Waals surface area contributed by atoms with E-state index in [1.54, 1.807) is 42.5 Å². The number of esters is 1. The minimum absolute atomic E-state index is 0.0941. The van der Waals surface area contributed by atoms with Gasteiger partial charge in [0, 0.05) is 34.8 Å². The van der Waals surface area contributed by atoms with Gasteiger partial charge >= 0.3 is 5.97 Å². The van der Waals surface area contributed by atoms with Crippen LogP contribution in [-0.2, 0) is 31.0 Å². The standard InChI is InChI=1S/C33H34Cl2FN3O4/c1-32(2,3)17-25-33(22-14-11-19(34)16-24(22)38-31(33)42)27(21-6-5-7-23(35)28(21)36)29(39-25)30(41)37-20-12-8-18(9-13-20)10-15-26(40)43-4/h5-9,11-14,16,25,27,29,39H,10,15,17H2,1-4H3,(H,37,41)(H,38,42)/t25-,27-,29+,33+/m0/s1. The molecule has 0 radical (unpaired) electrons. The molecule has 1 fully saturated rings. The third-order valence-electron chi connectivity index (χ3n) is 8.29. The van der Waals surface area contributed by atoms with Crippen molar-refractivity contribution in [3.05, 3.63) is 93.2 Å². The summed E-state index contributed by atoms with van der Waals surface area (Å²) in [7, 11) is 1.35. The molecule has 2 aliphatic rings. The van der Waals surface area contributed by atoms with Gasteiger partial charge in [0.2, 0.25) is 11.8 Å². The van der Waals surface area contributed by atoms with Gasteiger partial charge in [0.25, 0.3) is 0 Å². The molecule has 3 N–H and O–H groups in total. The summed E-state index contributed by atoms with van der Waals surface area (Å²) in [6.07, 6.45) is 1.25. The number of nitrogens with one attached hydrogen (secondary N) is 3. The van der Waals surface area contributed by atoms with Gasteiger partial charge < -0.3 is 20.7 Å². The molecule has 3 aromatic carbocycles. The average molecular weight is 627 g/mol. The fourth-order valence-electron chi connectivity index (χ4n) is 6.48. The summed E-state index contributed by atoms with van der Waals surface area (Å²) in [6, 6.07) is 15.4. The Labute approximate surface area is 260 Å². The molecule has 1 spiro atoms. The van der Waals surface area contributed by atoms with E-state index in [-0.39, 0.29) is 34.3 Å². The Morgan fingerprint density at radius 2 is 1.79 bits per heavy atom. The highest BCUT2D eigenvalue weighted by molar-refractivity contribution is 6.31. The van der Waals surface area contributed by atoms with E-state index in [9.17, 15) is 14.4 Å². The molecule has 2 aliphatic heterocycles. The lowest BCUT2D eigenvalue weighted by Gasteiger charge is -2.37. The van der Waals surface area contributed by atoms with E-state index in [1.165, 1.54) is 13.2 Å². The predicted octanol–water partition coefficient (Wildman–Crippen LogP) is 6.63. The van der Waals surface area contributed by atoms with Gasteiger partial charge in [-0.1, -0.05) is 74.3 Å². The van der Waals surface area contributed by atoms with Crippen molar-refractivity contribution in [1.29, 1.82) is 0 Å². The maximum Gasteiger partial charge on any atom is 0.305 e. The highest BCUT2D eigenvalue weighted by Gasteiger charge is 2.66. The van der Waals surface area contributed by atoms with Gasteiger partial charge in [0.1, 0.15) is 11.2 Å². The third-order valence-corrected chi connectivity index (χ3v) is 8.81. The van der Waals surface area contributed by atoms with Crippen molar-refractivity contribution in [3.63, 3.8) is 0 Å². The number of carbonyl (C=O) groups excluding carboxylic acids is 3. The van der Waals surface area contributed by atoms with E-state index < -0.39 is 35.1 Å². The van der Waals surface area contributed by atoms with Crippen molar-refractivity contribution in [1.82, 2.24) is 5.32 Å². The molecular weight excluding hydrogens is 592 g/mol. The van der Waals surface area contributed by atoms with Gasteiger partial charge in [-0.25, -0.2) is 4.39 Å². The molecular formula is C33H34Cl2FN3O4. The second-order valence-corrected chi connectivity index (χ2v) is 13.2. The quantitative estimate of drug-likeness (QED) is 0.256. The summed E-state index contributed by atoms with van der Waals surface area (Å²) in [6.45, 7) is 6.17. The molecule has 7 nitrogen and oxygen atoms in total. The zero-order valence-electron chi connectivity index (χ0n) is 24.4. The molecule has 2 heterocycles. The van der Waals surface area contributed by atoms with Gasteiger partial charge in [0.05, 0.1) is 18.2 Å². The Morgan fingerprint density at radius 3 is 2.47 bits per heavy atom. The molecule has 0 aliphatic carbocycles. The maximum absolute atomic E-state index is 15.9. The fraction of sp³-hybridized carbons (Fsp3) is 0.364. The van der Waals surface area contributed by atoms with Gasteiger partial charge in [-0.3, -0.25) is 14.4 Å². The van der Waals surface area contributed by atoms with Crippen molar-refractivity contribution in [3.8, 4) is 0 Å². The Kier molecular flexibility index (Phi) is 8.58. The number of ether oxygens (including phenoxy) is 1. The first-order chi connectivity index (χ1) is 20.3. The van der Waals surface area contributed by atoms with Crippen LogP contribution in [0.15, 0.2) is 60.7 Å². The van der Waals surface area contributed by atoms with Crippen molar-refractivity contribution < 1.29 is 23.5 Å². The summed E-state index contributed by atoms with van der Waals surface area (Å²) in [4.78, 5) is 39.9. The van der Waals surface area contributed by atoms with Crippen LogP contribution in [0.4, 0.5) is 15.8 Å². The van der Waals surface area contributed by atoms with Crippen LogP contribution in [0.1, 0.15) is 56.2 Å². The van der Waals surface area contributed by atoms with Crippen LogP contribution in [0.25, 0.3) is 0 Å². The molecule has 0 unspecified atom stereocenters. The van der Waals surface area contributed by atoms with E-state index in [2.05, 4.69) is 36.7 Å². The van der Waals surface area contributed by atoms with Crippen molar-refractivity contribution >= 4 is 52.4 Å². The molecule has 3 aromatic rings. The summed E-state index contributed by atoms with van der Waals surface area (Å²) in [5, 5.41) is 9.75. The van der Waals surface area contributed by atoms with Crippen molar-refractivity contribution in [2.45, 2.75) is 63.5 Å². The van der Waals surface area contributed by atoms with Crippen LogP contribution in [0.5, 0.6) is 0 Å². The van der Waals surface area contributed by atoms with E-state index in [1.807, 2.05) is 12.1 Å². The second-order valence-electron chi connectivity index (χ2n) is 12.4. The lowest BCUT2D eigenvalue weighted by Crippen LogP contribution is -2.49. The van der Waals surface area contributed by atoms with Gasteiger partial charge in [-0.2, -0.15) is 0 Å². The largest absolute Gasteiger partial charge is 0.469 e. The first kappa shape index (κ1) is 31.0. The summed E-state index contributed by atoms with van der Waals surface area (Å²) in [5.74, 6) is -2.67. The molecule has 4 atom stereocenters. The maximum atomic E-state index is 15.9. The first-order valence-electron chi connectivity index (χ1n) is 14.1. The van der Waals surface area contributed by atoms with Crippen molar-refractivity contribution in [2.75, 3.05) is 17.7 Å². The lowest BCUT2D eigenvalue weighted by atomic mass is 9.62. The SMILES string of the molecule is COC(=O)CCc1ccc(NC(=O)[C@@H]2N[C@@H](CC(C)(C)C)[C@@]3(C(=O)Nc4cc(Cl)ccc43)[C@H]2c2cccc(Cl)c2F)cc1. The number of hydrogen-bond acceptors (Lipinski definition) is 5. The van der Waals surface area contributed by atoms with Crippen LogP contribution in [0.3, 0.4) is 0 Å². The fourth-order valence-corrected chi connectivity index (χ4v) is 6.83. The molecule has 0 aromatic heterocycles. The van der Waals surface area contributed by atoms with Crippen LogP contribution in [0.2, 0.25) is 10.0 Å². The number of hydrogen-bond donors (Lipinski definition) is 3. The van der Waals surface area contributed by atoms with E-state index in [0.717, 1.165) is 5.56 Å². The number of fused-ring (bicyclic) bond motifs is 2. The number of amides is 2. The third kappa shape index (κ3) is 5.88. The van der Waals surface area contributed by atoms with Crippen LogP contribution in [-0.4, -0.2) is 37.0 Å². The lowest BCUT2D eigenvalue weighted by molar-refractivity contribution is -0.140. The minimum atomic E-state index is -1.33. The molecule has 5 rings (SSSR count). The van der Waals surface area contributed by atoms with Crippen LogP contribution in [0, 0.1) is 11.2 Å². The highest BCUT2D eigenvalue weighted by atomic mass is 35.5. The molecule has 10 heteroatoms. The molecule has 226 valence electrons. The monoisotopic (exact) mass is 625 g/mol. The highest BCUT2D eigenvalue weighted by Crippen LogP contribution is 2.57. The molecule has 2 amide bonds. The Hall–Kier alpha value is -3.46. The Bertz CT molecular complexity index is 1570. The van der Waals surface area contributed by atoms with Gasteiger partial charge in [-0.05, 0) is 65.3 Å². The number of rotatable bonds is 7. The van der Waals surface area contributed by atoms with E-state index in [4.69, 9.17) is 27.9 Å². The Balaban J connectivity index is 1.59. The number of benzene rings is 3. The van der Waals surface area contributed by atoms with Crippen molar-refractivity contribution in [2.24, 2.45) is 5.41 Å². The predicted molar refractivity (Wildman–Crippen MR) is 166 cm³/mol. The zero-order chi connectivity index (χ0) is 31.1. The Morgan fingerprint density at radius 1 is 1.07 bits per heavy atom. The van der Waals surface area contributed by atoms with Crippen LogP contribution < -0.4 is 16.0 Å². The summed E-state index contributed by atoms with van der Waals surface area (Å²) >= 11 is 12.6. The number of aryl methyl sites for hydroxylation is 1. The number of anilines is 2. The number of methoxy groups -OCH3 is 1. The summed E-state index contributed by atoms with van der Waals surface area (Å²) < 4.78 is 20.6.